The molecule has 1 saturated carbocycles. The van der Waals surface area contributed by atoms with Crippen molar-refractivity contribution in [2.75, 3.05) is 18.1 Å². The van der Waals surface area contributed by atoms with Crippen LogP contribution in [0, 0.1) is 17.3 Å². The summed E-state index contributed by atoms with van der Waals surface area (Å²) < 4.78 is 0. The number of carbonyl (C=O) groups is 1. The van der Waals surface area contributed by atoms with Gasteiger partial charge >= 0.3 is 0 Å². The minimum absolute atomic E-state index is 0.0556. The molecule has 2 rings (SSSR count). The molecule has 96 valence electrons. The van der Waals surface area contributed by atoms with Crippen molar-refractivity contribution in [3.63, 3.8) is 0 Å². The Bertz CT molecular complexity index is 320. The van der Waals surface area contributed by atoms with Gasteiger partial charge in [0.15, 0.2) is 0 Å². The summed E-state index contributed by atoms with van der Waals surface area (Å²) in [6, 6.07) is 0. The fraction of sp³-hybridized carbons (Fsp3) is 0.833. The monoisotopic (exact) mass is 272 g/mol. The summed E-state index contributed by atoms with van der Waals surface area (Å²) in [6.07, 6.45) is 2.84. The van der Waals surface area contributed by atoms with Crippen LogP contribution in [-0.2, 0) is 4.79 Å². The van der Waals surface area contributed by atoms with Crippen molar-refractivity contribution >= 4 is 34.9 Å². The standard InChI is InChI=1S/C12H20N2OS2/c1-8-4-12(5-8,10(13)16)11(15)14-6-9-2-3-17-7-9/h8-9H,2-7H2,1H3,(H2,13,16)(H,14,15). The van der Waals surface area contributed by atoms with Gasteiger partial charge in [0.25, 0.3) is 0 Å². The first-order valence-corrected chi connectivity index (χ1v) is 7.77. The molecule has 1 saturated heterocycles. The lowest BCUT2D eigenvalue weighted by Gasteiger charge is -2.44. The van der Waals surface area contributed by atoms with Gasteiger partial charge in [-0.3, -0.25) is 4.79 Å². The average Bonchev–Trinajstić information content (AvgIpc) is 2.73. The minimum atomic E-state index is -0.541. The summed E-state index contributed by atoms with van der Waals surface area (Å²) >= 11 is 7.04. The molecule has 1 amide bonds. The fourth-order valence-electron chi connectivity index (χ4n) is 2.78. The van der Waals surface area contributed by atoms with Crippen LogP contribution >= 0.6 is 24.0 Å². The Balaban J connectivity index is 1.87. The fourth-order valence-corrected chi connectivity index (χ4v) is 4.32. The van der Waals surface area contributed by atoms with Crippen LogP contribution in [0.2, 0.25) is 0 Å². The largest absolute Gasteiger partial charge is 0.392 e. The van der Waals surface area contributed by atoms with E-state index in [-0.39, 0.29) is 5.91 Å². The number of hydrogen-bond donors (Lipinski definition) is 2. The lowest BCUT2D eigenvalue weighted by molar-refractivity contribution is -0.133. The summed E-state index contributed by atoms with van der Waals surface area (Å²) in [5.74, 6) is 3.63. The second-order valence-corrected chi connectivity index (χ2v) is 6.99. The zero-order valence-electron chi connectivity index (χ0n) is 10.2. The SMILES string of the molecule is CC1CC(C(=O)NCC2CCSC2)(C(N)=S)C1. The van der Waals surface area contributed by atoms with E-state index in [1.165, 1.54) is 12.2 Å². The lowest BCUT2D eigenvalue weighted by atomic mass is 9.62. The molecule has 0 bridgehead atoms. The third-order valence-electron chi connectivity index (χ3n) is 3.88. The molecular weight excluding hydrogens is 252 g/mol. The summed E-state index contributed by atoms with van der Waals surface area (Å²) in [4.78, 5) is 12.6. The van der Waals surface area contributed by atoms with Crippen LogP contribution in [0.5, 0.6) is 0 Å². The number of rotatable bonds is 4. The van der Waals surface area contributed by atoms with Gasteiger partial charge in [-0.15, -0.1) is 0 Å². The summed E-state index contributed by atoms with van der Waals surface area (Å²) in [7, 11) is 0. The first-order valence-electron chi connectivity index (χ1n) is 6.20. The molecule has 0 spiro atoms. The number of thiocarbonyl (C=S) groups is 1. The Morgan fingerprint density at radius 2 is 2.29 bits per heavy atom. The van der Waals surface area contributed by atoms with Crippen LogP contribution in [0.25, 0.3) is 0 Å². The molecule has 2 aliphatic rings. The average molecular weight is 272 g/mol. The highest BCUT2D eigenvalue weighted by Crippen LogP contribution is 2.46. The van der Waals surface area contributed by atoms with Crippen LogP contribution in [0.15, 0.2) is 0 Å². The third-order valence-corrected chi connectivity index (χ3v) is 5.50. The smallest absolute Gasteiger partial charge is 0.233 e. The summed E-state index contributed by atoms with van der Waals surface area (Å²) in [6.45, 7) is 2.92. The van der Waals surface area contributed by atoms with E-state index in [1.54, 1.807) is 0 Å². The van der Waals surface area contributed by atoms with Gasteiger partial charge in [0.05, 0.1) is 10.4 Å². The van der Waals surface area contributed by atoms with Crippen LogP contribution in [0.4, 0.5) is 0 Å². The number of nitrogens with two attached hydrogens (primary N) is 1. The summed E-state index contributed by atoms with van der Waals surface area (Å²) in [5.41, 5.74) is 5.20. The van der Waals surface area contributed by atoms with Crippen molar-refractivity contribution in [3.05, 3.63) is 0 Å². The molecule has 3 N–H and O–H groups in total. The quantitative estimate of drug-likeness (QED) is 0.763. The second kappa shape index (κ2) is 5.14. The molecule has 1 heterocycles. The molecule has 0 aromatic heterocycles. The molecule has 0 radical (unpaired) electrons. The number of nitrogens with one attached hydrogen (secondary N) is 1. The lowest BCUT2D eigenvalue weighted by Crippen LogP contribution is -2.56. The van der Waals surface area contributed by atoms with E-state index in [2.05, 4.69) is 12.2 Å². The van der Waals surface area contributed by atoms with E-state index in [4.69, 9.17) is 18.0 Å². The van der Waals surface area contributed by atoms with Gasteiger partial charge < -0.3 is 11.1 Å². The molecule has 5 heteroatoms. The van der Waals surface area contributed by atoms with Crippen molar-refractivity contribution in [2.45, 2.75) is 26.2 Å². The maximum Gasteiger partial charge on any atom is 0.233 e. The van der Waals surface area contributed by atoms with Crippen LogP contribution in [0.1, 0.15) is 26.2 Å². The topological polar surface area (TPSA) is 55.1 Å². The van der Waals surface area contributed by atoms with Gasteiger partial charge in [-0.05, 0) is 42.6 Å². The Labute approximate surface area is 112 Å². The van der Waals surface area contributed by atoms with E-state index in [9.17, 15) is 4.79 Å². The Morgan fingerprint density at radius 3 is 2.76 bits per heavy atom. The molecule has 0 aromatic carbocycles. The van der Waals surface area contributed by atoms with E-state index in [1.807, 2.05) is 11.8 Å². The normalized spacial score (nSPS) is 36.3. The predicted molar refractivity (Wildman–Crippen MR) is 76.1 cm³/mol. The molecule has 2 fully saturated rings. The molecular formula is C12H20N2OS2. The van der Waals surface area contributed by atoms with Gasteiger partial charge in [0.1, 0.15) is 0 Å². The maximum absolute atomic E-state index is 12.2. The van der Waals surface area contributed by atoms with Gasteiger partial charge in [-0.2, -0.15) is 11.8 Å². The minimum Gasteiger partial charge on any atom is -0.392 e. The van der Waals surface area contributed by atoms with Crippen molar-refractivity contribution in [1.82, 2.24) is 5.32 Å². The first kappa shape index (κ1) is 13.1. The van der Waals surface area contributed by atoms with Gasteiger partial charge in [-0.25, -0.2) is 0 Å². The number of thioether (sulfide) groups is 1. The van der Waals surface area contributed by atoms with Crippen molar-refractivity contribution in [2.24, 2.45) is 23.0 Å². The zero-order chi connectivity index (χ0) is 12.5. The highest BCUT2D eigenvalue weighted by atomic mass is 32.2. The molecule has 0 aromatic rings. The van der Waals surface area contributed by atoms with Gasteiger partial charge in [0.2, 0.25) is 5.91 Å². The van der Waals surface area contributed by atoms with Gasteiger partial charge in [0, 0.05) is 6.54 Å². The van der Waals surface area contributed by atoms with Crippen LogP contribution in [-0.4, -0.2) is 28.9 Å². The Morgan fingerprint density at radius 1 is 1.59 bits per heavy atom. The highest BCUT2D eigenvalue weighted by molar-refractivity contribution is 7.99. The predicted octanol–water partition coefficient (Wildman–Crippen LogP) is 1.56. The van der Waals surface area contributed by atoms with Crippen LogP contribution in [0.3, 0.4) is 0 Å². The molecule has 1 unspecified atom stereocenters. The molecule has 1 aliphatic heterocycles. The van der Waals surface area contributed by atoms with Crippen molar-refractivity contribution < 1.29 is 4.79 Å². The van der Waals surface area contributed by atoms with E-state index in [0.717, 1.165) is 25.1 Å². The molecule has 1 atom stereocenters. The summed E-state index contributed by atoms with van der Waals surface area (Å²) in [5, 5.41) is 3.05. The Kier molecular flexibility index (Phi) is 3.98. The second-order valence-electron chi connectivity index (χ2n) is 5.40. The van der Waals surface area contributed by atoms with E-state index in [0.29, 0.717) is 16.8 Å². The van der Waals surface area contributed by atoms with Crippen LogP contribution < -0.4 is 11.1 Å². The van der Waals surface area contributed by atoms with Crippen molar-refractivity contribution in [1.29, 1.82) is 0 Å². The van der Waals surface area contributed by atoms with Gasteiger partial charge in [-0.1, -0.05) is 19.1 Å². The number of hydrogen-bond acceptors (Lipinski definition) is 3. The molecule has 17 heavy (non-hydrogen) atoms. The number of carbonyl (C=O) groups excluding carboxylic acids is 1. The van der Waals surface area contributed by atoms with E-state index >= 15 is 0 Å². The Hall–Kier alpha value is -0.290. The first-order chi connectivity index (χ1) is 8.04. The third kappa shape index (κ3) is 2.60. The zero-order valence-corrected chi connectivity index (χ0v) is 11.8. The van der Waals surface area contributed by atoms with E-state index < -0.39 is 5.41 Å². The molecule has 3 nitrogen and oxygen atoms in total. The molecule has 1 aliphatic carbocycles. The maximum atomic E-state index is 12.2. The number of amides is 1. The van der Waals surface area contributed by atoms with Crippen molar-refractivity contribution in [3.8, 4) is 0 Å². The highest BCUT2D eigenvalue weighted by Gasteiger charge is 2.50.